The third kappa shape index (κ3) is 6.69. The number of non-ortho nitro benzene ring substituents is 1. The third-order valence-corrected chi connectivity index (χ3v) is 4.41. The van der Waals surface area contributed by atoms with Gasteiger partial charge in [0, 0.05) is 25.2 Å². The summed E-state index contributed by atoms with van der Waals surface area (Å²) in [6, 6.07) is 3.77. The van der Waals surface area contributed by atoms with Crippen LogP contribution in [-0.4, -0.2) is 52.0 Å². The first kappa shape index (κ1) is 21.6. The van der Waals surface area contributed by atoms with Gasteiger partial charge in [-0.25, -0.2) is 13.1 Å². The summed E-state index contributed by atoms with van der Waals surface area (Å²) in [6.07, 6.45) is 0.650. The Morgan fingerprint density at radius 3 is 2.48 bits per heavy atom. The number of hydrogen-bond acceptors (Lipinski definition) is 6. The highest BCUT2D eigenvalue weighted by Gasteiger charge is 2.21. The van der Waals surface area contributed by atoms with Gasteiger partial charge < -0.3 is 10.2 Å². The minimum Gasteiger partial charge on any atom is -0.384 e. The molecule has 0 fully saturated rings. The molecule has 0 saturated heterocycles. The van der Waals surface area contributed by atoms with E-state index in [1.165, 1.54) is 12.1 Å². The summed E-state index contributed by atoms with van der Waals surface area (Å²) < 4.78 is 27.2. The lowest BCUT2D eigenvalue weighted by Crippen LogP contribution is -2.28. The molecule has 2 N–H and O–H groups in total. The summed E-state index contributed by atoms with van der Waals surface area (Å²) in [7, 11) is -0.000311. The number of nitro benzene ring substituents is 1. The van der Waals surface area contributed by atoms with Gasteiger partial charge in [-0.15, -0.1) is 12.4 Å². The molecule has 0 amide bonds. The molecule has 1 rings (SSSR count). The Hall–Kier alpha value is -1.42. The Morgan fingerprint density at radius 1 is 1.30 bits per heavy atom. The van der Waals surface area contributed by atoms with Crippen LogP contribution in [0.5, 0.6) is 0 Å². The standard InChI is InChI=1S/C13H22N4O4S.ClH/c1-4-14-12-7-6-11(17(18)19)10-13(12)22(20,21)15-8-5-9-16(2)3;/h6-7,10,14-15H,4-5,8-9H2,1-3H3;1H. The van der Waals surface area contributed by atoms with Crippen molar-refractivity contribution >= 4 is 33.8 Å². The first-order valence-corrected chi connectivity index (χ1v) is 8.43. The summed E-state index contributed by atoms with van der Waals surface area (Å²) in [5.74, 6) is 0. The molecule has 0 aliphatic heterocycles. The molecule has 0 bridgehead atoms. The number of nitrogens with zero attached hydrogens (tertiary/aromatic N) is 2. The van der Waals surface area contributed by atoms with Crippen LogP contribution in [0.4, 0.5) is 11.4 Å². The van der Waals surface area contributed by atoms with Crippen LogP contribution in [0, 0.1) is 10.1 Å². The van der Waals surface area contributed by atoms with Crippen LogP contribution >= 0.6 is 12.4 Å². The van der Waals surface area contributed by atoms with E-state index in [-0.39, 0.29) is 29.5 Å². The van der Waals surface area contributed by atoms with Crippen molar-refractivity contribution in [2.75, 3.05) is 39.0 Å². The predicted molar refractivity (Wildman–Crippen MR) is 92.9 cm³/mol. The second-order valence-corrected chi connectivity index (χ2v) is 6.76. The highest BCUT2D eigenvalue weighted by molar-refractivity contribution is 7.89. The molecule has 8 nitrogen and oxygen atoms in total. The van der Waals surface area contributed by atoms with Crippen LogP contribution in [0.2, 0.25) is 0 Å². The zero-order chi connectivity index (χ0) is 16.8. The molecule has 0 atom stereocenters. The summed E-state index contributed by atoms with van der Waals surface area (Å²) in [4.78, 5) is 12.1. The molecule has 132 valence electrons. The lowest BCUT2D eigenvalue weighted by atomic mass is 10.3. The largest absolute Gasteiger partial charge is 0.384 e. The molecule has 0 heterocycles. The number of sulfonamides is 1. The second kappa shape index (κ2) is 9.66. The first-order valence-electron chi connectivity index (χ1n) is 6.94. The average Bonchev–Trinajstić information content (AvgIpc) is 2.44. The minimum atomic E-state index is -3.80. The lowest BCUT2D eigenvalue weighted by molar-refractivity contribution is -0.385. The molecule has 0 unspecified atom stereocenters. The van der Waals surface area contributed by atoms with E-state index in [0.717, 1.165) is 12.6 Å². The molecular weight excluding hydrogens is 344 g/mol. The van der Waals surface area contributed by atoms with Gasteiger partial charge in [0.2, 0.25) is 10.0 Å². The molecule has 1 aromatic carbocycles. The Labute approximate surface area is 142 Å². The van der Waals surface area contributed by atoms with Gasteiger partial charge in [0.05, 0.1) is 10.6 Å². The van der Waals surface area contributed by atoms with E-state index in [4.69, 9.17) is 0 Å². The Morgan fingerprint density at radius 2 is 1.96 bits per heavy atom. The molecule has 23 heavy (non-hydrogen) atoms. The number of nitrogens with one attached hydrogen (secondary N) is 2. The van der Waals surface area contributed by atoms with Crippen LogP contribution in [0.1, 0.15) is 13.3 Å². The normalized spacial score (nSPS) is 11.1. The van der Waals surface area contributed by atoms with E-state index in [1.54, 1.807) is 0 Å². The maximum absolute atomic E-state index is 12.4. The Kier molecular flexibility index (Phi) is 9.06. The highest BCUT2D eigenvalue weighted by Crippen LogP contribution is 2.26. The molecule has 10 heteroatoms. The van der Waals surface area contributed by atoms with Crippen LogP contribution < -0.4 is 10.0 Å². The van der Waals surface area contributed by atoms with Crippen molar-refractivity contribution in [2.24, 2.45) is 0 Å². The Balaban J connectivity index is 0.00000484. The quantitative estimate of drug-likeness (QED) is 0.391. The van der Waals surface area contributed by atoms with Crippen molar-refractivity contribution < 1.29 is 13.3 Å². The van der Waals surface area contributed by atoms with E-state index in [2.05, 4.69) is 10.0 Å². The molecule has 0 saturated carbocycles. The zero-order valence-corrected chi connectivity index (χ0v) is 15.0. The summed E-state index contributed by atoms with van der Waals surface area (Å²) in [5, 5.41) is 13.8. The predicted octanol–water partition coefficient (Wildman–Crippen LogP) is 1.68. The van der Waals surface area contributed by atoms with Gasteiger partial charge in [-0.1, -0.05) is 0 Å². The molecule has 0 spiro atoms. The minimum absolute atomic E-state index is 0. The second-order valence-electron chi connectivity index (χ2n) is 5.02. The monoisotopic (exact) mass is 366 g/mol. The summed E-state index contributed by atoms with van der Waals surface area (Å²) >= 11 is 0. The maximum atomic E-state index is 12.4. The van der Waals surface area contributed by atoms with Crippen molar-refractivity contribution in [1.29, 1.82) is 0 Å². The SMILES string of the molecule is CCNc1ccc([N+](=O)[O-])cc1S(=O)(=O)NCCCN(C)C.Cl. The molecule has 0 aliphatic carbocycles. The fourth-order valence-electron chi connectivity index (χ4n) is 1.86. The summed E-state index contributed by atoms with van der Waals surface area (Å²) in [6.45, 7) is 3.36. The Bertz CT molecular complexity index is 622. The van der Waals surface area contributed by atoms with Crippen molar-refractivity contribution in [3.63, 3.8) is 0 Å². The fraction of sp³-hybridized carbons (Fsp3) is 0.538. The molecular formula is C13H23ClN4O4S. The topological polar surface area (TPSA) is 105 Å². The molecule has 0 aliphatic rings. The lowest BCUT2D eigenvalue weighted by Gasteiger charge is -2.13. The van der Waals surface area contributed by atoms with Crippen LogP contribution in [0.15, 0.2) is 23.1 Å². The van der Waals surface area contributed by atoms with Crippen LogP contribution in [-0.2, 0) is 10.0 Å². The number of hydrogen-bond donors (Lipinski definition) is 2. The van der Waals surface area contributed by atoms with Gasteiger partial charge in [0.15, 0.2) is 0 Å². The van der Waals surface area contributed by atoms with Gasteiger partial charge in [0.1, 0.15) is 4.90 Å². The van der Waals surface area contributed by atoms with Gasteiger partial charge >= 0.3 is 0 Å². The smallest absolute Gasteiger partial charge is 0.270 e. The van der Waals surface area contributed by atoms with E-state index < -0.39 is 14.9 Å². The third-order valence-electron chi connectivity index (χ3n) is 2.91. The van der Waals surface area contributed by atoms with Gasteiger partial charge in [-0.3, -0.25) is 10.1 Å². The molecule has 1 aromatic rings. The fourth-order valence-corrected chi connectivity index (χ4v) is 3.14. The number of rotatable bonds is 9. The van der Waals surface area contributed by atoms with Gasteiger partial charge in [-0.05, 0) is 40.1 Å². The highest BCUT2D eigenvalue weighted by atomic mass is 35.5. The van der Waals surface area contributed by atoms with Crippen LogP contribution in [0.25, 0.3) is 0 Å². The van der Waals surface area contributed by atoms with Crippen molar-refractivity contribution in [1.82, 2.24) is 9.62 Å². The zero-order valence-electron chi connectivity index (χ0n) is 13.4. The van der Waals surface area contributed by atoms with E-state index in [0.29, 0.717) is 18.7 Å². The van der Waals surface area contributed by atoms with Crippen LogP contribution in [0.3, 0.4) is 0 Å². The van der Waals surface area contributed by atoms with Crippen molar-refractivity contribution in [3.8, 4) is 0 Å². The summed E-state index contributed by atoms with van der Waals surface area (Å²) in [5.41, 5.74) is 0.100. The number of nitro groups is 1. The average molecular weight is 367 g/mol. The van der Waals surface area contributed by atoms with E-state index in [9.17, 15) is 18.5 Å². The molecule has 0 radical (unpaired) electrons. The number of halogens is 1. The van der Waals surface area contributed by atoms with Crippen molar-refractivity contribution in [2.45, 2.75) is 18.2 Å². The number of anilines is 1. The van der Waals surface area contributed by atoms with E-state index in [1.807, 2.05) is 25.9 Å². The van der Waals surface area contributed by atoms with Gasteiger partial charge in [-0.2, -0.15) is 0 Å². The maximum Gasteiger partial charge on any atom is 0.270 e. The first-order chi connectivity index (χ1) is 10.3. The molecule has 0 aromatic heterocycles. The number of benzene rings is 1. The van der Waals surface area contributed by atoms with Crippen molar-refractivity contribution in [3.05, 3.63) is 28.3 Å². The van der Waals surface area contributed by atoms with E-state index >= 15 is 0 Å². The van der Waals surface area contributed by atoms with Gasteiger partial charge in [0.25, 0.3) is 5.69 Å².